The molecule has 0 spiro atoms. The van der Waals surface area contributed by atoms with Crippen LogP contribution in [0.1, 0.15) is 17.0 Å². The molecule has 0 saturated heterocycles. The molecule has 0 aliphatic carbocycles. The highest BCUT2D eigenvalue weighted by molar-refractivity contribution is 5.48. The molecule has 17 heavy (non-hydrogen) atoms. The van der Waals surface area contributed by atoms with Crippen molar-refractivity contribution in [3.63, 3.8) is 0 Å². The molecule has 88 valence electrons. The first-order chi connectivity index (χ1) is 8.33. The maximum absolute atomic E-state index is 5.69. The molecule has 1 aliphatic heterocycles. The standard InChI is InChI=1S/C14H15NO2/c1-10-5-6-12(15-10)9-11-3-2-4-13-14(11)17-8-7-16-13/h2-6,15H,7-9H2,1H3. The number of benzene rings is 1. The number of aryl methyl sites for hydroxylation is 1. The van der Waals surface area contributed by atoms with Crippen LogP contribution in [-0.2, 0) is 6.42 Å². The molecule has 3 heteroatoms. The van der Waals surface area contributed by atoms with Gasteiger partial charge in [0.25, 0.3) is 0 Å². The summed E-state index contributed by atoms with van der Waals surface area (Å²) in [5.41, 5.74) is 3.55. The van der Waals surface area contributed by atoms with Gasteiger partial charge in [0.1, 0.15) is 13.2 Å². The van der Waals surface area contributed by atoms with Gasteiger partial charge < -0.3 is 14.5 Å². The van der Waals surface area contributed by atoms with Crippen LogP contribution < -0.4 is 9.47 Å². The molecule has 1 aromatic carbocycles. The Morgan fingerprint density at radius 1 is 1.12 bits per heavy atom. The van der Waals surface area contributed by atoms with Crippen LogP contribution in [0.25, 0.3) is 0 Å². The first-order valence-electron chi connectivity index (χ1n) is 5.85. The van der Waals surface area contributed by atoms with Gasteiger partial charge in [-0.2, -0.15) is 0 Å². The van der Waals surface area contributed by atoms with Gasteiger partial charge in [-0.3, -0.25) is 0 Å². The number of hydrogen-bond donors (Lipinski definition) is 1. The van der Waals surface area contributed by atoms with Crippen molar-refractivity contribution in [1.29, 1.82) is 0 Å². The minimum atomic E-state index is 0.633. The third-order valence-electron chi connectivity index (χ3n) is 2.92. The molecule has 1 aliphatic rings. The first kappa shape index (κ1) is 10.3. The van der Waals surface area contributed by atoms with Gasteiger partial charge in [-0.05, 0) is 25.1 Å². The lowest BCUT2D eigenvalue weighted by Crippen LogP contribution is -2.16. The fourth-order valence-corrected chi connectivity index (χ4v) is 2.14. The number of nitrogens with one attached hydrogen (secondary N) is 1. The van der Waals surface area contributed by atoms with Crippen LogP contribution in [0.3, 0.4) is 0 Å². The normalized spacial score (nSPS) is 13.7. The molecule has 0 atom stereocenters. The molecule has 0 radical (unpaired) electrons. The summed E-state index contributed by atoms with van der Waals surface area (Å²) in [5, 5.41) is 0. The van der Waals surface area contributed by atoms with Crippen LogP contribution in [0.4, 0.5) is 0 Å². The Morgan fingerprint density at radius 3 is 2.82 bits per heavy atom. The number of fused-ring (bicyclic) bond motifs is 1. The highest BCUT2D eigenvalue weighted by Gasteiger charge is 2.15. The molecule has 0 saturated carbocycles. The number of hydrogen-bond acceptors (Lipinski definition) is 2. The summed E-state index contributed by atoms with van der Waals surface area (Å²) in [4.78, 5) is 3.33. The summed E-state index contributed by atoms with van der Waals surface area (Å²) in [6, 6.07) is 10.3. The Balaban J connectivity index is 1.92. The highest BCUT2D eigenvalue weighted by atomic mass is 16.6. The third-order valence-corrected chi connectivity index (χ3v) is 2.92. The van der Waals surface area contributed by atoms with Gasteiger partial charge in [0.15, 0.2) is 11.5 Å². The van der Waals surface area contributed by atoms with Crippen LogP contribution in [0.2, 0.25) is 0 Å². The first-order valence-corrected chi connectivity index (χ1v) is 5.85. The second kappa shape index (κ2) is 4.17. The van der Waals surface area contributed by atoms with Crippen molar-refractivity contribution in [3.8, 4) is 11.5 Å². The van der Waals surface area contributed by atoms with Gasteiger partial charge in [0, 0.05) is 23.4 Å². The van der Waals surface area contributed by atoms with Gasteiger partial charge in [-0.25, -0.2) is 0 Å². The van der Waals surface area contributed by atoms with Crippen molar-refractivity contribution >= 4 is 0 Å². The van der Waals surface area contributed by atoms with Crippen LogP contribution in [0.15, 0.2) is 30.3 Å². The van der Waals surface area contributed by atoms with E-state index in [-0.39, 0.29) is 0 Å². The Hall–Kier alpha value is -1.90. The lowest BCUT2D eigenvalue weighted by molar-refractivity contribution is 0.170. The van der Waals surface area contributed by atoms with Crippen LogP contribution >= 0.6 is 0 Å². The van der Waals surface area contributed by atoms with Crippen molar-refractivity contribution in [2.24, 2.45) is 0 Å². The summed E-state index contributed by atoms with van der Waals surface area (Å²) in [5.74, 6) is 1.75. The number of rotatable bonds is 2. The van der Waals surface area contributed by atoms with Gasteiger partial charge in [-0.15, -0.1) is 0 Å². The minimum absolute atomic E-state index is 0.633. The molecule has 1 N–H and O–H groups in total. The largest absolute Gasteiger partial charge is 0.486 e. The number of para-hydroxylation sites is 1. The zero-order valence-corrected chi connectivity index (χ0v) is 9.82. The molecule has 0 fully saturated rings. The van der Waals surface area contributed by atoms with Crippen molar-refractivity contribution in [2.75, 3.05) is 13.2 Å². The maximum atomic E-state index is 5.69. The molecule has 2 aromatic rings. The predicted molar refractivity (Wildman–Crippen MR) is 65.8 cm³/mol. The van der Waals surface area contributed by atoms with E-state index in [2.05, 4.69) is 30.1 Å². The SMILES string of the molecule is Cc1ccc(Cc2cccc3c2OCCO3)[nH]1. The smallest absolute Gasteiger partial charge is 0.164 e. The molecular formula is C14H15NO2. The average Bonchev–Trinajstić information content (AvgIpc) is 2.75. The highest BCUT2D eigenvalue weighted by Crippen LogP contribution is 2.34. The fraction of sp³-hybridized carbons (Fsp3) is 0.286. The second-order valence-electron chi connectivity index (χ2n) is 4.28. The van der Waals surface area contributed by atoms with E-state index in [0.717, 1.165) is 17.9 Å². The molecule has 2 heterocycles. The van der Waals surface area contributed by atoms with E-state index in [9.17, 15) is 0 Å². The van der Waals surface area contributed by atoms with Crippen LogP contribution in [0, 0.1) is 6.92 Å². The summed E-state index contributed by atoms with van der Waals surface area (Å²) in [6.07, 6.45) is 0.848. The van der Waals surface area contributed by atoms with Gasteiger partial charge in [0.2, 0.25) is 0 Å². The molecular weight excluding hydrogens is 214 g/mol. The van der Waals surface area contributed by atoms with Gasteiger partial charge in [0.05, 0.1) is 0 Å². The Morgan fingerprint density at radius 2 is 2.00 bits per heavy atom. The van der Waals surface area contributed by atoms with Gasteiger partial charge in [-0.1, -0.05) is 12.1 Å². The molecule has 0 unspecified atom stereocenters. The second-order valence-corrected chi connectivity index (χ2v) is 4.28. The number of aromatic nitrogens is 1. The van der Waals surface area contributed by atoms with Crippen LogP contribution in [-0.4, -0.2) is 18.2 Å². The fourth-order valence-electron chi connectivity index (χ4n) is 2.14. The minimum Gasteiger partial charge on any atom is -0.486 e. The van der Waals surface area contributed by atoms with E-state index in [1.807, 2.05) is 12.1 Å². The van der Waals surface area contributed by atoms with E-state index in [1.165, 1.54) is 17.0 Å². The van der Waals surface area contributed by atoms with E-state index in [4.69, 9.17) is 9.47 Å². The topological polar surface area (TPSA) is 34.2 Å². The molecule has 3 nitrogen and oxygen atoms in total. The molecule has 0 bridgehead atoms. The predicted octanol–water partition coefficient (Wildman–Crippen LogP) is 2.69. The lowest BCUT2D eigenvalue weighted by Gasteiger charge is -2.20. The number of H-pyrrole nitrogens is 1. The number of aromatic amines is 1. The monoisotopic (exact) mass is 229 g/mol. The van der Waals surface area contributed by atoms with E-state index in [0.29, 0.717) is 13.2 Å². The van der Waals surface area contributed by atoms with Crippen molar-refractivity contribution in [2.45, 2.75) is 13.3 Å². The molecule has 0 amide bonds. The molecule has 1 aromatic heterocycles. The van der Waals surface area contributed by atoms with Gasteiger partial charge >= 0.3 is 0 Å². The van der Waals surface area contributed by atoms with Crippen LogP contribution in [0.5, 0.6) is 11.5 Å². The van der Waals surface area contributed by atoms with E-state index >= 15 is 0 Å². The quantitative estimate of drug-likeness (QED) is 0.859. The van der Waals surface area contributed by atoms with Crippen molar-refractivity contribution < 1.29 is 9.47 Å². The zero-order chi connectivity index (χ0) is 11.7. The Labute approximate surface area is 100 Å². The summed E-state index contributed by atoms with van der Waals surface area (Å²) in [6.45, 7) is 3.33. The number of ether oxygens (including phenoxy) is 2. The lowest BCUT2D eigenvalue weighted by atomic mass is 10.1. The maximum Gasteiger partial charge on any atom is 0.164 e. The van der Waals surface area contributed by atoms with Crippen molar-refractivity contribution in [3.05, 3.63) is 47.3 Å². The Bertz CT molecular complexity index is 531. The van der Waals surface area contributed by atoms with Crippen molar-refractivity contribution in [1.82, 2.24) is 4.98 Å². The Kier molecular flexibility index (Phi) is 2.52. The average molecular weight is 229 g/mol. The summed E-state index contributed by atoms with van der Waals surface area (Å²) in [7, 11) is 0. The zero-order valence-electron chi connectivity index (χ0n) is 9.82. The summed E-state index contributed by atoms with van der Waals surface area (Å²) < 4.78 is 11.3. The third kappa shape index (κ3) is 2.00. The van der Waals surface area contributed by atoms with E-state index in [1.54, 1.807) is 0 Å². The summed E-state index contributed by atoms with van der Waals surface area (Å²) >= 11 is 0. The van der Waals surface area contributed by atoms with E-state index < -0.39 is 0 Å². The molecule has 3 rings (SSSR count).